The van der Waals surface area contributed by atoms with Crippen LogP contribution < -0.4 is 9.47 Å². The van der Waals surface area contributed by atoms with E-state index in [0.717, 1.165) is 16.7 Å². The molecule has 28 heavy (non-hydrogen) atoms. The Balaban J connectivity index is 2.04. The number of carboxylic acids is 1. The molecule has 0 saturated carbocycles. The summed E-state index contributed by atoms with van der Waals surface area (Å²) in [5, 5.41) is 9.39. The molecule has 0 aliphatic heterocycles. The van der Waals surface area contributed by atoms with Crippen LogP contribution in [-0.4, -0.2) is 17.2 Å². The molecular weight excluding hydrogens is 352 g/mol. The average molecular weight is 376 g/mol. The van der Waals surface area contributed by atoms with Crippen molar-refractivity contribution in [3.05, 3.63) is 83.9 Å². The van der Waals surface area contributed by atoms with Crippen LogP contribution in [0, 0.1) is 0 Å². The van der Waals surface area contributed by atoms with Crippen molar-refractivity contribution in [2.24, 2.45) is 0 Å². The molecule has 0 bridgehead atoms. The molecule has 0 aromatic heterocycles. The molecule has 3 rings (SSSR count). The van der Waals surface area contributed by atoms with Gasteiger partial charge in [-0.1, -0.05) is 60.7 Å². The highest BCUT2D eigenvalue weighted by Gasteiger charge is 2.18. The van der Waals surface area contributed by atoms with Gasteiger partial charge in [0.2, 0.25) is 0 Å². The minimum Gasteiger partial charge on any atom is -0.487 e. The third-order valence-corrected chi connectivity index (χ3v) is 4.17. The molecule has 4 heteroatoms. The fraction of sp³-hybridized carbons (Fsp3) is 0.208. The van der Waals surface area contributed by atoms with E-state index < -0.39 is 5.97 Å². The van der Waals surface area contributed by atoms with E-state index in [1.807, 2.05) is 86.6 Å². The first-order chi connectivity index (χ1) is 13.5. The van der Waals surface area contributed by atoms with E-state index >= 15 is 0 Å². The summed E-state index contributed by atoms with van der Waals surface area (Å²) in [7, 11) is 0. The van der Waals surface area contributed by atoms with Crippen molar-refractivity contribution < 1.29 is 19.4 Å². The molecule has 0 aliphatic rings. The Morgan fingerprint density at radius 1 is 0.929 bits per heavy atom. The molecule has 4 nitrogen and oxygen atoms in total. The van der Waals surface area contributed by atoms with Crippen LogP contribution in [0.3, 0.4) is 0 Å². The molecule has 0 spiro atoms. The van der Waals surface area contributed by atoms with Crippen molar-refractivity contribution in [3.8, 4) is 22.6 Å². The van der Waals surface area contributed by atoms with Gasteiger partial charge in [-0.3, -0.25) is 4.79 Å². The Morgan fingerprint density at radius 3 is 2.18 bits per heavy atom. The summed E-state index contributed by atoms with van der Waals surface area (Å²) in [6, 6.07) is 23.5. The fourth-order valence-corrected chi connectivity index (χ4v) is 2.96. The Labute approximate surface area is 165 Å². The van der Waals surface area contributed by atoms with E-state index in [2.05, 4.69) is 0 Å². The van der Waals surface area contributed by atoms with Crippen molar-refractivity contribution in [3.63, 3.8) is 0 Å². The molecule has 144 valence electrons. The first-order valence-electron chi connectivity index (χ1n) is 9.30. The van der Waals surface area contributed by atoms with Gasteiger partial charge in [0.1, 0.15) is 6.61 Å². The molecule has 0 aliphatic carbocycles. The zero-order chi connectivity index (χ0) is 19.9. The quantitative estimate of drug-likeness (QED) is 0.576. The maximum atomic E-state index is 11.4. The van der Waals surface area contributed by atoms with E-state index in [-0.39, 0.29) is 12.5 Å². The van der Waals surface area contributed by atoms with Crippen LogP contribution in [0.25, 0.3) is 11.1 Å². The van der Waals surface area contributed by atoms with Crippen molar-refractivity contribution in [2.75, 3.05) is 0 Å². The number of carboxylic acid groups (broad SMARTS) is 1. The molecule has 0 heterocycles. The minimum absolute atomic E-state index is 0.103. The van der Waals surface area contributed by atoms with Crippen LogP contribution in [-0.2, 0) is 17.8 Å². The Morgan fingerprint density at radius 2 is 1.57 bits per heavy atom. The molecule has 0 unspecified atom stereocenters. The van der Waals surface area contributed by atoms with E-state index in [1.54, 1.807) is 0 Å². The van der Waals surface area contributed by atoms with Crippen molar-refractivity contribution >= 4 is 5.97 Å². The summed E-state index contributed by atoms with van der Waals surface area (Å²) in [6.07, 6.45) is -0.237. The number of benzene rings is 3. The lowest BCUT2D eigenvalue weighted by Crippen LogP contribution is -2.12. The van der Waals surface area contributed by atoms with Gasteiger partial charge in [-0.05, 0) is 42.7 Å². The number of carbonyl (C=O) groups is 1. The van der Waals surface area contributed by atoms with Gasteiger partial charge in [-0.25, -0.2) is 0 Å². The number of ether oxygens (including phenoxy) is 2. The number of aliphatic carboxylic acids is 1. The topological polar surface area (TPSA) is 55.8 Å². The van der Waals surface area contributed by atoms with Gasteiger partial charge < -0.3 is 14.6 Å². The first-order valence-corrected chi connectivity index (χ1v) is 9.30. The SMILES string of the molecule is CC(C)Oc1c(CC(=O)O)cc(-c2ccccc2)cc1OCc1ccccc1. The van der Waals surface area contributed by atoms with Crippen molar-refractivity contribution in [1.82, 2.24) is 0 Å². The van der Waals surface area contributed by atoms with Gasteiger partial charge >= 0.3 is 5.97 Å². The monoisotopic (exact) mass is 376 g/mol. The van der Waals surface area contributed by atoms with Crippen LogP contribution in [0.2, 0.25) is 0 Å². The molecule has 0 saturated heterocycles. The molecule has 0 fully saturated rings. The maximum Gasteiger partial charge on any atom is 0.307 e. The van der Waals surface area contributed by atoms with E-state index in [0.29, 0.717) is 23.7 Å². The maximum absolute atomic E-state index is 11.4. The summed E-state index contributed by atoms with van der Waals surface area (Å²) in [5.74, 6) is 0.135. The van der Waals surface area contributed by atoms with Gasteiger partial charge in [-0.15, -0.1) is 0 Å². The predicted molar refractivity (Wildman–Crippen MR) is 110 cm³/mol. The van der Waals surface area contributed by atoms with Crippen LogP contribution in [0.1, 0.15) is 25.0 Å². The predicted octanol–water partition coefficient (Wildman–Crippen LogP) is 5.35. The van der Waals surface area contributed by atoms with Crippen LogP contribution in [0.15, 0.2) is 72.8 Å². The molecular formula is C24H24O4. The van der Waals surface area contributed by atoms with Gasteiger partial charge in [0.15, 0.2) is 11.5 Å². The Kier molecular flexibility index (Phi) is 6.33. The third-order valence-electron chi connectivity index (χ3n) is 4.17. The van der Waals surface area contributed by atoms with Crippen LogP contribution in [0.4, 0.5) is 0 Å². The molecule has 3 aromatic rings. The number of hydrogen-bond donors (Lipinski definition) is 1. The molecule has 0 amide bonds. The van der Waals surface area contributed by atoms with E-state index in [9.17, 15) is 9.90 Å². The standard InChI is InChI=1S/C24H24O4/c1-17(2)28-24-21(15-23(25)26)13-20(19-11-7-4-8-12-19)14-22(24)27-16-18-9-5-3-6-10-18/h3-14,17H,15-16H2,1-2H3,(H,25,26). The second kappa shape index (κ2) is 9.09. The zero-order valence-corrected chi connectivity index (χ0v) is 16.1. The normalized spacial score (nSPS) is 10.7. The lowest BCUT2D eigenvalue weighted by Gasteiger charge is -2.20. The summed E-state index contributed by atoms with van der Waals surface area (Å²) in [4.78, 5) is 11.4. The summed E-state index contributed by atoms with van der Waals surface area (Å²) in [6.45, 7) is 4.20. The smallest absolute Gasteiger partial charge is 0.307 e. The van der Waals surface area contributed by atoms with Crippen LogP contribution in [0.5, 0.6) is 11.5 Å². The van der Waals surface area contributed by atoms with Gasteiger partial charge in [0.05, 0.1) is 12.5 Å². The number of hydrogen-bond acceptors (Lipinski definition) is 3. The fourth-order valence-electron chi connectivity index (χ4n) is 2.96. The third kappa shape index (κ3) is 5.13. The summed E-state index contributed by atoms with van der Waals surface area (Å²) < 4.78 is 12.1. The van der Waals surface area contributed by atoms with Crippen LogP contribution >= 0.6 is 0 Å². The minimum atomic E-state index is -0.909. The summed E-state index contributed by atoms with van der Waals surface area (Å²) >= 11 is 0. The first kappa shape index (κ1) is 19.5. The lowest BCUT2D eigenvalue weighted by atomic mass is 10.00. The molecule has 3 aromatic carbocycles. The van der Waals surface area contributed by atoms with Gasteiger partial charge in [-0.2, -0.15) is 0 Å². The second-order valence-electron chi connectivity index (χ2n) is 6.84. The molecule has 0 atom stereocenters. The van der Waals surface area contributed by atoms with Crippen molar-refractivity contribution in [2.45, 2.75) is 33.0 Å². The highest BCUT2D eigenvalue weighted by molar-refractivity contribution is 5.76. The number of rotatable bonds is 8. The van der Waals surface area contributed by atoms with Gasteiger partial charge in [0.25, 0.3) is 0 Å². The van der Waals surface area contributed by atoms with E-state index in [4.69, 9.17) is 9.47 Å². The highest BCUT2D eigenvalue weighted by atomic mass is 16.5. The van der Waals surface area contributed by atoms with E-state index in [1.165, 1.54) is 0 Å². The lowest BCUT2D eigenvalue weighted by molar-refractivity contribution is -0.136. The van der Waals surface area contributed by atoms with Gasteiger partial charge in [0, 0.05) is 5.56 Å². The zero-order valence-electron chi connectivity index (χ0n) is 16.1. The average Bonchev–Trinajstić information content (AvgIpc) is 2.69. The second-order valence-corrected chi connectivity index (χ2v) is 6.84. The molecule has 0 radical (unpaired) electrons. The molecule has 1 N–H and O–H groups in total. The Hall–Kier alpha value is -3.27. The highest BCUT2D eigenvalue weighted by Crippen LogP contribution is 2.38. The summed E-state index contributed by atoms with van der Waals surface area (Å²) in [5.41, 5.74) is 3.53. The largest absolute Gasteiger partial charge is 0.487 e. The Bertz CT molecular complexity index is 918. The van der Waals surface area contributed by atoms with Crippen molar-refractivity contribution in [1.29, 1.82) is 0 Å².